The van der Waals surface area contributed by atoms with E-state index < -0.39 is 0 Å². The van der Waals surface area contributed by atoms with Crippen LogP contribution in [0.3, 0.4) is 0 Å². The fourth-order valence-electron chi connectivity index (χ4n) is 1.97. The highest BCUT2D eigenvalue weighted by atomic mass is 127. The van der Waals surface area contributed by atoms with Gasteiger partial charge < -0.3 is 4.74 Å². The Bertz CT molecular complexity index is 286. The Morgan fingerprint density at radius 2 is 1.56 bits per heavy atom. The van der Waals surface area contributed by atoms with Crippen molar-refractivity contribution in [3.05, 3.63) is 30.3 Å². The Morgan fingerprint density at radius 1 is 0.944 bits per heavy atom. The molecule has 102 valence electrons. The SMILES string of the molecule is CCCCCCCCCC(I)Oc1ccccc1. The first-order valence-corrected chi connectivity index (χ1v) is 8.43. The molecule has 0 bridgehead atoms. The number of ether oxygens (including phenoxy) is 1. The van der Waals surface area contributed by atoms with Crippen molar-refractivity contribution >= 4 is 22.6 Å². The molecule has 0 amide bonds. The zero-order valence-corrected chi connectivity index (χ0v) is 13.6. The van der Waals surface area contributed by atoms with Crippen molar-refractivity contribution in [1.82, 2.24) is 0 Å². The fourth-order valence-corrected chi connectivity index (χ4v) is 2.70. The Morgan fingerprint density at radius 3 is 2.22 bits per heavy atom. The van der Waals surface area contributed by atoms with Crippen molar-refractivity contribution in [2.45, 2.75) is 62.4 Å². The molecule has 0 aliphatic heterocycles. The smallest absolute Gasteiger partial charge is 0.149 e. The fraction of sp³-hybridized carbons (Fsp3) is 0.625. The number of benzene rings is 1. The van der Waals surface area contributed by atoms with Gasteiger partial charge in [0.1, 0.15) is 9.86 Å². The normalized spacial score (nSPS) is 12.3. The minimum absolute atomic E-state index is 0.306. The summed E-state index contributed by atoms with van der Waals surface area (Å²) in [5.74, 6) is 0.986. The quantitative estimate of drug-likeness (QED) is 0.284. The standard InChI is InChI=1S/C16H25IO/c1-2-3-4-5-6-7-11-14-16(17)18-15-12-9-8-10-13-15/h8-10,12-13,16H,2-7,11,14H2,1H3. The molecule has 18 heavy (non-hydrogen) atoms. The van der Waals surface area contributed by atoms with Crippen LogP contribution in [0.1, 0.15) is 58.3 Å². The van der Waals surface area contributed by atoms with Gasteiger partial charge in [0.25, 0.3) is 0 Å². The molecule has 0 fully saturated rings. The molecule has 0 saturated carbocycles. The summed E-state index contributed by atoms with van der Waals surface area (Å²) < 4.78 is 6.15. The summed E-state index contributed by atoms with van der Waals surface area (Å²) in [4.78, 5) is 0. The van der Waals surface area contributed by atoms with Crippen LogP contribution in [0.2, 0.25) is 0 Å². The van der Waals surface area contributed by atoms with Gasteiger partial charge in [-0.1, -0.05) is 63.6 Å². The lowest BCUT2D eigenvalue weighted by Crippen LogP contribution is -2.07. The molecule has 0 saturated heterocycles. The van der Waals surface area contributed by atoms with Crippen molar-refractivity contribution < 1.29 is 4.74 Å². The molecule has 1 unspecified atom stereocenters. The second-order valence-corrected chi connectivity index (χ2v) is 6.14. The summed E-state index contributed by atoms with van der Waals surface area (Å²) in [7, 11) is 0. The highest BCUT2D eigenvalue weighted by Gasteiger charge is 2.04. The first-order chi connectivity index (χ1) is 8.83. The number of para-hydroxylation sites is 1. The summed E-state index contributed by atoms with van der Waals surface area (Å²) >= 11 is 2.40. The minimum Gasteiger partial charge on any atom is -0.480 e. The maximum Gasteiger partial charge on any atom is 0.149 e. The van der Waals surface area contributed by atoms with Crippen LogP contribution in [-0.2, 0) is 0 Å². The first kappa shape index (κ1) is 15.8. The lowest BCUT2D eigenvalue weighted by atomic mass is 10.1. The van der Waals surface area contributed by atoms with Crippen LogP contribution < -0.4 is 4.74 Å². The van der Waals surface area contributed by atoms with E-state index in [1.54, 1.807) is 0 Å². The van der Waals surface area contributed by atoms with E-state index in [-0.39, 0.29) is 0 Å². The van der Waals surface area contributed by atoms with E-state index >= 15 is 0 Å². The van der Waals surface area contributed by atoms with E-state index in [9.17, 15) is 0 Å². The molecular formula is C16H25IO. The number of alkyl halides is 1. The van der Waals surface area contributed by atoms with Gasteiger partial charge in [-0.2, -0.15) is 0 Å². The predicted octanol–water partition coefficient (Wildman–Crippen LogP) is 5.97. The molecule has 0 radical (unpaired) electrons. The Hall–Kier alpha value is -0.250. The zero-order valence-electron chi connectivity index (χ0n) is 11.4. The van der Waals surface area contributed by atoms with Gasteiger partial charge in [0.05, 0.1) is 0 Å². The minimum atomic E-state index is 0.306. The van der Waals surface area contributed by atoms with Gasteiger partial charge in [0.15, 0.2) is 0 Å². The van der Waals surface area contributed by atoms with Crippen molar-refractivity contribution in [3.8, 4) is 5.75 Å². The predicted molar refractivity (Wildman–Crippen MR) is 87.5 cm³/mol. The topological polar surface area (TPSA) is 9.23 Å². The summed E-state index contributed by atoms with van der Waals surface area (Å²) in [6.07, 6.45) is 10.7. The molecule has 0 aliphatic carbocycles. The largest absolute Gasteiger partial charge is 0.480 e. The van der Waals surface area contributed by atoms with Gasteiger partial charge in [-0.15, -0.1) is 0 Å². The van der Waals surface area contributed by atoms with Gasteiger partial charge in [-0.05, 0) is 47.6 Å². The molecular weight excluding hydrogens is 335 g/mol. The molecule has 1 aromatic carbocycles. The van der Waals surface area contributed by atoms with Crippen molar-refractivity contribution in [2.24, 2.45) is 0 Å². The molecule has 0 N–H and O–H groups in total. The molecule has 1 rings (SSSR count). The van der Waals surface area contributed by atoms with Gasteiger partial charge in [0, 0.05) is 0 Å². The summed E-state index contributed by atoms with van der Waals surface area (Å²) in [5.41, 5.74) is 0. The number of hydrogen-bond donors (Lipinski definition) is 0. The zero-order chi connectivity index (χ0) is 13.1. The molecule has 2 heteroatoms. The Labute approximate surface area is 125 Å². The number of hydrogen-bond acceptors (Lipinski definition) is 1. The lowest BCUT2D eigenvalue weighted by molar-refractivity contribution is 0.286. The maximum absolute atomic E-state index is 5.85. The van der Waals surface area contributed by atoms with Gasteiger partial charge in [0.2, 0.25) is 0 Å². The van der Waals surface area contributed by atoms with E-state index in [2.05, 4.69) is 29.5 Å². The average molecular weight is 360 g/mol. The summed E-state index contributed by atoms with van der Waals surface area (Å²) in [6, 6.07) is 10.1. The second kappa shape index (κ2) is 10.7. The summed E-state index contributed by atoms with van der Waals surface area (Å²) in [5, 5.41) is 0. The van der Waals surface area contributed by atoms with Crippen molar-refractivity contribution in [2.75, 3.05) is 0 Å². The van der Waals surface area contributed by atoms with Gasteiger partial charge in [-0.25, -0.2) is 0 Å². The van der Waals surface area contributed by atoms with Crippen LogP contribution in [-0.4, -0.2) is 4.11 Å². The van der Waals surface area contributed by atoms with Gasteiger partial charge >= 0.3 is 0 Å². The molecule has 0 heterocycles. The Kier molecular flexibility index (Phi) is 9.35. The van der Waals surface area contributed by atoms with E-state index in [0.717, 1.165) is 12.2 Å². The van der Waals surface area contributed by atoms with E-state index in [1.807, 2.05) is 30.3 Å². The highest BCUT2D eigenvalue weighted by Crippen LogP contribution is 2.19. The van der Waals surface area contributed by atoms with Crippen molar-refractivity contribution in [3.63, 3.8) is 0 Å². The van der Waals surface area contributed by atoms with E-state index in [0.29, 0.717) is 4.11 Å². The van der Waals surface area contributed by atoms with Gasteiger partial charge in [-0.3, -0.25) is 0 Å². The number of unbranched alkanes of at least 4 members (excludes halogenated alkanes) is 6. The molecule has 0 aliphatic rings. The average Bonchev–Trinajstić information content (AvgIpc) is 2.39. The number of rotatable bonds is 10. The number of halogens is 1. The molecule has 1 atom stereocenters. The summed E-state index contributed by atoms with van der Waals surface area (Å²) in [6.45, 7) is 2.27. The van der Waals surface area contributed by atoms with Crippen LogP contribution in [0.25, 0.3) is 0 Å². The third kappa shape index (κ3) is 7.96. The third-order valence-electron chi connectivity index (χ3n) is 3.04. The highest BCUT2D eigenvalue weighted by molar-refractivity contribution is 14.1. The maximum atomic E-state index is 5.85. The van der Waals surface area contributed by atoms with Crippen molar-refractivity contribution in [1.29, 1.82) is 0 Å². The van der Waals surface area contributed by atoms with Crippen LogP contribution in [0.4, 0.5) is 0 Å². The third-order valence-corrected chi connectivity index (χ3v) is 3.92. The van der Waals surface area contributed by atoms with Crippen LogP contribution in [0.5, 0.6) is 5.75 Å². The van der Waals surface area contributed by atoms with E-state index in [4.69, 9.17) is 4.74 Å². The first-order valence-electron chi connectivity index (χ1n) is 7.18. The van der Waals surface area contributed by atoms with Crippen LogP contribution >= 0.6 is 22.6 Å². The molecule has 0 spiro atoms. The molecule has 1 aromatic rings. The Balaban J connectivity index is 1.99. The molecule has 1 nitrogen and oxygen atoms in total. The van der Waals surface area contributed by atoms with Crippen LogP contribution in [0.15, 0.2) is 30.3 Å². The van der Waals surface area contributed by atoms with E-state index in [1.165, 1.54) is 44.9 Å². The van der Waals surface area contributed by atoms with Crippen LogP contribution in [0, 0.1) is 0 Å². The molecule has 0 aromatic heterocycles. The lowest BCUT2D eigenvalue weighted by Gasteiger charge is -2.12. The second-order valence-electron chi connectivity index (χ2n) is 4.75. The monoisotopic (exact) mass is 360 g/mol.